The highest BCUT2D eigenvalue weighted by molar-refractivity contribution is 5.83. The molecule has 1 nitrogen and oxygen atoms in total. The van der Waals surface area contributed by atoms with Crippen LogP contribution in [0.4, 0.5) is 0 Å². The van der Waals surface area contributed by atoms with Crippen LogP contribution in [0.2, 0.25) is 0 Å². The first kappa shape index (κ1) is 12.5. The molecule has 0 N–H and O–H groups in total. The van der Waals surface area contributed by atoms with Crippen LogP contribution in [0.3, 0.4) is 0 Å². The first-order valence-corrected chi connectivity index (χ1v) is 6.67. The quantitative estimate of drug-likeness (QED) is 0.681. The zero-order chi connectivity index (χ0) is 14.1. The lowest BCUT2D eigenvalue weighted by atomic mass is 10.1. The number of aromatic nitrogens is 1. The minimum atomic E-state index is 0.795. The minimum absolute atomic E-state index is 0.795. The van der Waals surface area contributed by atoms with Crippen LogP contribution < -0.4 is 10.7 Å². The van der Waals surface area contributed by atoms with Gasteiger partial charge in [0.25, 0.3) is 0 Å². The van der Waals surface area contributed by atoms with E-state index in [0.717, 1.165) is 22.8 Å². The van der Waals surface area contributed by atoms with Crippen LogP contribution in [0.15, 0.2) is 55.1 Å². The van der Waals surface area contributed by atoms with E-state index >= 15 is 0 Å². The molecule has 1 heteroatoms. The summed E-state index contributed by atoms with van der Waals surface area (Å²) in [7, 11) is 0. The van der Waals surface area contributed by atoms with Crippen molar-refractivity contribution in [2.45, 2.75) is 6.54 Å². The monoisotopic (exact) mass is 259 g/mol. The number of hydrogen-bond acceptors (Lipinski definition) is 0. The lowest BCUT2D eigenvalue weighted by molar-refractivity contribution is 0.765. The van der Waals surface area contributed by atoms with Crippen molar-refractivity contribution in [1.29, 1.82) is 0 Å². The molecule has 0 radical (unpaired) electrons. The van der Waals surface area contributed by atoms with Gasteiger partial charge in [-0.15, -0.1) is 0 Å². The molecule has 20 heavy (non-hydrogen) atoms. The molecule has 98 valence electrons. The van der Waals surface area contributed by atoms with Crippen LogP contribution in [-0.4, -0.2) is 4.57 Å². The van der Waals surface area contributed by atoms with Gasteiger partial charge in [0.05, 0.1) is 0 Å². The molecule has 0 amide bonds. The second-order valence-corrected chi connectivity index (χ2v) is 4.97. The Morgan fingerprint density at radius 1 is 0.850 bits per heavy atom. The van der Waals surface area contributed by atoms with Gasteiger partial charge in [0.1, 0.15) is 0 Å². The molecule has 2 aromatic carbocycles. The van der Waals surface area contributed by atoms with Gasteiger partial charge in [-0.2, -0.15) is 0 Å². The first-order chi connectivity index (χ1) is 9.70. The number of rotatable bonds is 3. The third kappa shape index (κ3) is 1.97. The Morgan fingerprint density at radius 2 is 1.40 bits per heavy atom. The van der Waals surface area contributed by atoms with Gasteiger partial charge in [0.15, 0.2) is 0 Å². The van der Waals surface area contributed by atoms with Crippen LogP contribution in [0.5, 0.6) is 0 Å². The lowest BCUT2D eigenvalue weighted by Crippen LogP contribution is -2.25. The molecule has 0 aliphatic rings. The fourth-order valence-corrected chi connectivity index (χ4v) is 2.57. The fourth-order valence-electron chi connectivity index (χ4n) is 2.57. The van der Waals surface area contributed by atoms with E-state index < -0.39 is 0 Å². The van der Waals surface area contributed by atoms with Gasteiger partial charge in [-0.25, -0.2) is 0 Å². The standard InChI is InChI=1S/C19H17N/c1-4-16-9-11-17(12-10-16)13-20-14(2)18-7-5-6-8-19(18)15(20)3/h4-12H,1-3,13H2. The maximum absolute atomic E-state index is 4.21. The second kappa shape index (κ2) is 4.86. The first-order valence-electron chi connectivity index (χ1n) is 6.67. The van der Waals surface area contributed by atoms with E-state index in [4.69, 9.17) is 0 Å². The van der Waals surface area contributed by atoms with Crippen LogP contribution in [0, 0.1) is 0 Å². The molecule has 0 bridgehead atoms. The molecule has 0 saturated heterocycles. The fraction of sp³-hybridized carbons (Fsp3) is 0.0526. The van der Waals surface area contributed by atoms with Gasteiger partial charge in [-0.3, -0.25) is 0 Å². The van der Waals surface area contributed by atoms with Crippen LogP contribution in [0.1, 0.15) is 11.1 Å². The SMILES string of the molecule is C=Cc1ccc(Cn2c(=C)c3ccccc3c2=C)cc1. The predicted octanol–water partition coefficient (Wildman–Crippen LogP) is 3.15. The topological polar surface area (TPSA) is 4.93 Å². The number of hydrogen-bond donors (Lipinski definition) is 0. The molecule has 3 rings (SSSR count). The zero-order valence-corrected chi connectivity index (χ0v) is 11.5. The summed E-state index contributed by atoms with van der Waals surface area (Å²) in [5.74, 6) is 0. The zero-order valence-electron chi connectivity index (χ0n) is 11.5. The van der Waals surface area contributed by atoms with Crippen molar-refractivity contribution in [3.8, 4) is 0 Å². The van der Waals surface area contributed by atoms with Crippen molar-refractivity contribution >= 4 is 30.0 Å². The maximum atomic E-state index is 4.21. The Morgan fingerprint density at radius 3 is 1.90 bits per heavy atom. The normalized spacial score (nSPS) is 10.8. The Hall–Kier alpha value is -2.54. The highest BCUT2D eigenvalue weighted by atomic mass is 15.0. The van der Waals surface area contributed by atoms with Gasteiger partial charge in [0, 0.05) is 28.0 Å². The van der Waals surface area contributed by atoms with E-state index in [9.17, 15) is 0 Å². The molecule has 0 spiro atoms. The summed E-state index contributed by atoms with van der Waals surface area (Å²) in [6.07, 6.45) is 1.85. The van der Waals surface area contributed by atoms with E-state index in [-0.39, 0.29) is 0 Å². The molecule has 0 atom stereocenters. The maximum Gasteiger partial charge on any atom is 0.0481 e. The van der Waals surface area contributed by atoms with Crippen LogP contribution in [-0.2, 0) is 6.54 Å². The van der Waals surface area contributed by atoms with E-state index in [1.807, 2.05) is 18.2 Å². The number of benzene rings is 2. The summed E-state index contributed by atoms with van der Waals surface area (Å²) in [5, 5.41) is 4.41. The smallest absolute Gasteiger partial charge is 0.0481 e. The van der Waals surface area contributed by atoms with Gasteiger partial charge in [-0.05, 0) is 11.1 Å². The number of fused-ring (bicyclic) bond motifs is 1. The molecule has 0 aliphatic carbocycles. The Bertz CT molecular complexity index is 820. The van der Waals surface area contributed by atoms with Crippen LogP contribution >= 0.6 is 0 Å². The second-order valence-electron chi connectivity index (χ2n) is 4.97. The molecule has 1 aromatic heterocycles. The van der Waals surface area contributed by atoms with E-state index in [0.29, 0.717) is 0 Å². The van der Waals surface area contributed by atoms with Crippen molar-refractivity contribution in [3.05, 3.63) is 76.9 Å². The van der Waals surface area contributed by atoms with E-state index in [1.165, 1.54) is 16.3 Å². The van der Waals surface area contributed by atoms with Gasteiger partial charge >= 0.3 is 0 Å². The van der Waals surface area contributed by atoms with Crippen molar-refractivity contribution in [3.63, 3.8) is 0 Å². The van der Waals surface area contributed by atoms with Gasteiger partial charge in [0.2, 0.25) is 0 Å². The van der Waals surface area contributed by atoms with E-state index in [1.54, 1.807) is 0 Å². The van der Waals surface area contributed by atoms with Crippen molar-refractivity contribution in [1.82, 2.24) is 4.57 Å². The van der Waals surface area contributed by atoms with Crippen molar-refractivity contribution in [2.24, 2.45) is 0 Å². The van der Waals surface area contributed by atoms with Crippen molar-refractivity contribution in [2.75, 3.05) is 0 Å². The summed E-state index contributed by atoms with van der Waals surface area (Å²) in [5.41, 5.74) is 2.38. The minimum Gasteiger partial charge on any atom is -0.337 e. The Labute approximate surface area is 118 Å². The molecule has 0 unspecified atom stereocenters. The molecule has 1 heterocycles. The summed E-state index contributed by atoms with van der Waals surface area (Å²) >= 11 is 0. The predicted molar refractivity (Wildman–Crippen MR) is 87.9 cm³/mol. The average Bonchev–Trinajstić information content (AvgIpc) is 2.74. The molecule has 3 aromatic rings. The molecule has 0 saturated carbocycles. The average molecular weight is 259 g/mol. The molecular weight excluding hydrogens is 242 g/mol. The summed E-state index contributed by atoms with van der Waals surface area (Å²) in [6.45, 7) is 13.0. The lowest BCUT2D eigenvalue weighted by Gasteiger charge is -2.05. The van der Waals surface area contributed by atoms with Crippen LogP contribution in [0.25, 0.3) is 30.0 Å². The Kier molecular flexibility index (Phi) is 3.03. The molecule has 0 aliphatic heterocycles. The summed E-state index contributed by atoms with van der Waals surface area (Å²) in [4.78, 5) is 0. The van der Waals surface area contributed by atoms with Gasteiger partial charge in [-0.1, -0.05) is 74.3 Å². The van der Waals surface area contributed by atoms with Gasteiger partial charge < -0.3 is 4.57 Å². The van der Waals surface area contributed by atoms with E-state index in [2.05, 4.69) is 60.7 Å². The highest BCUT2D eigenvalue weighted by Gasteiger charge is 2.04. The third-order valence-electron chi connectivity index (χ3n) is 3.76. The third-order valence-corrected chi connectivity index (χ3v) is 3.76. The number of nitrogens with zero attached hydrogens (tertiary/aromatic N) is 1. The van der Waals surface area contributed by atoms with Crippen molar-refractivity contribution < 1.29 is 0 Å². The molecular formula is C19H17N. The summed E-state index contributed by atoms with van der Waals surface area (Å²) < 4.78 is 2.17. The highest BCUT2D eigenvalue weighted by Crippen LogP contribution is 2.08. The molecule has 0 fully saturated rings. The largest absolute Gasteiger partial charge is 0.337 e. The Balaban J connectivity index is 2.08. The summed E-state index contributed by atoms with van der Waals surface area (Å²) in [6, 6.07) is 16.7.